The summed E-state index contributed by atoms with van der Waals surface area (Å²) in [6.07, 6.45) is 3.26. The minimum Gasteiger partial charge on any atom is -0.399 e. The average Bonchev–Trinajstić information content (AvgIpc) is 2.72. The predicted octanol–water partition coefficient (Wildman–Crippen LogP) is 2.91. The van der Waals surface area contributed by atoms with Crippen LogP contribution in [0, 0.1) is 0 Å². The molecule has 1 aliphatic rings. The number of hydrogen-bond acceptors (Lipinski definition) is 3. The molecular weight excluding hydrogens is 289 g/mol. The van der Waals surface area contributed by atoms with Crippen molar-refractivity contribution in [1.82, 2.24) is 5.32 Å². The molecule has 0 radical (unpaired) electrons. The van der Waals surface area contributed by atoms with E-state index in [2.05, 4.69) is 12.2 Å². The zero-order valence-electron chi connectivity index (χ0n) is 14.9. The standard InChI is InChI=1S/C18H28BNO3/c1-6-7-10-13-20-16(21)14-11-8-9-12-15(14)19-22-17(2,3)18(4,5)23-19/h8-9,11-12H,6-7,10,13H2,1-5H3,(H,20,21). The molecule has 0 saturated carbocycles. The monoisotopic (exact) mass is 317 g/mol. The summed E-state index contributed by atoms with van der Waals surface area (Å²) in [7, 11) is -0.516. The second-order valence-corrected chi connectivity index (χ2v) is 7.14. The van der Waals surface area contributed by atoms with E-state index in [9.17, 15) is 4.79 Å². The van der Waals surface area contributed by atoms with Crippen LogP contribution in [0.3, 0.4) is 0 Å². The van der Waals surface area contributed by atoms with Crippen LogP contribution in [0.4, 0.5) is 0 Å². The van der Waals surface area contributed by atoms with Crippen molar-refractivity contribution in [2.45, 2.75) is 65.1 Å². The molecule has 1 aromatic rings. The predicted molar refractivity (Wildman–Crippen MR) is 94.0 cm³/mol. The quantitative estimate of drug-likeness (QED) is 0.648. The Labute approximate surface area is 140 Å². The number of carbonyl (C=O) groups excluding carboxylic acids is 1. The molecule has 0 aliphatic carbocycles. The lowest BCUT2D eigenvalue weighted by atomic mass is 9.75. The topological polar surface area (TPSA) is 47.6 Å². The first-order chi connectivity index (χ1) is 10.8. The van der Waals surface area contributed by atoms with E-state index in [0.29, 0.717) is 12.1 Å². The minimum absolute atomic E-state index is 0.0635. The van der Waals surface area contributed by atoms with Crippen molar-refractivity contribution in [3.63, 3.8) is 0 Å². The van der Waals surface area contributed by atoms with Gasteiger partial charge in [0.15, 0.2) is 0 Å². The third-order valence-electron chi connectivity index (χ3n) is 4.78. The number of unbranched alkanes of at least 4 members (excludes halogenated alkanes) is 2. The van der Waals surface area contributed by atoms with Gasteiger partial charge in [-0.3, -0.25) is 4.79 Å². The average molecular weight is 317 g/mol. The van der Waals surface area contributed by atoms with Crippen LogP contribution in [0.1, 0.15) is 64.2 Å². The number of carbonyl (C=O) groups is 1. The number of hydrogen-bond donors (Lipinski definition) is 1. The molecule has 1 fully saturated rings. The summed E-state index contributed by atoms with van der Waals surface area (Å²) in [5.41, 5.74) is 0.590. The third-order valence-corrected chi connectivity index (χ3v) is 4.78. The Morgan fingerprint density at radius 1 is 1.09 bits per heavy atom. The maximum absolute atomic E-state index is 12.5. The van der Waals surface area contributed by atoms with E-state index in [-0.39, 0.29) is 5.91 Å². The summed E-state index contributed by atoms with van der Waals surface area (Å²) in [6.45, 7) is 10.9. The Morgan fingerprint density at radius 2 is 1.70 bits per heavy atom. The molecule has 1 aliphatic heterocycles. The van der Waals surface area contributed by atoms with E-state index in [1.165, 1.54) is 0 Å². The SMILES string of the molecule is CCCCCNC(=O)c1ccccc1B1OC(C)(C)C(C)(C)O1. The van der Waals surface area contributed by atoms with Gasteiger partial charge in [-0.05, 0) is 45.6 Å². The van der Waals surface area contributed by atoms with Gasteiger partial charge in [0.1, 0.15) is 0 Å². The molecule has 0 aromatic heterocycles. The highest BCUT2D eigenvalue weighted by molar-refractivity contribution is 6.63. The highest BCUT2D eigenvalue weighted by atomic mass is 16.7. The molecule has 1 N–H and O–H groups in total. The molecule has 0 bridgehead atoms. The number of benzene rings is 1. The second-order valence-electron chi connectivity index (χ2n) is 7.14. The van der Waals surface area contributed by atoms with Gasteiger partial charge in [0.2, 0.25) is 0 Å². The summed E-state index contributed by atoms with van der Waals surface area (Å²) in [5.74, 6) is -0.0635. The Hall–Kier alpha value is -1.33. The van der Waals surface area contributed by atoms with Crippen molar-refractivity contribution in [2.24, 2.45) is 0 Å². The summed E-state index contributed by atoms with van der Waals surface area (Å²) < 4.78 is 12.2. The molecule has 1 amide bonds. The molecule has 1 saturated heterocycles. The smallest absolute Gasteiger partial charge is 0.399 e. The molecule has 126 valence electrons. The van der Waals surface area contributed by atoms with Crippen LogP contribution in [0.5, 0.6) is 0 Å². The van der Waals surface area contributed by atoms with Crippen molar-refractivity contribution >= 4 is 18.5 Å². The Morgan fingerprint density at radius 3 is 2.30 bits per heavy atom. The lowest BCUT2D eigenvalue weighted by Gasteiger charge is -2.32. The van der Waals surface area contributed by atoms with Crippen LogP contribution in [0.2, 0.25) is 0 Å². The normalized spacial score (nSPS) is 18.9. The van der Waals surface area contributed by atoms with Gasteiger partial charge >= 0.3 is 7.12 Å². The lowest BCUT2D eigenvalue weighted by molar-refractivity contribution is 0.00578. The fraction of sp³-hybridized carbons (Fsp3) is 0.611. The maximum atomic E-state index is 12.5. The highest BCUT2D eigenvalue weighted by Crippen LogP contribution is 2.36. The third kappa shape index (κ3) is 3.96. The lowest BCUT2D eigenvalue weighted by Crippen LogP contribution is -2.41. The van der Waals surface area contributed by atoms with Crippen molar-refractivity contribution in [2.75, 3.05) is 6.54 Å². The zero-order chi connectivity index (χ0) is 17.1. The molecule has 23 heavy (non-hydrogen) atoms. The maximum Gasteiger partial charge on any atom is 0.495 e. The first-order valence-corrected chi connectivity index (χ1v) is 8.51. The molecule has 4 nitrogen and oxygen atoms in total. The molecular formula is C18H28BNO3. The van der Waals surface area contributed by atoms with Crippen LogP contribution in [0.15, 0.2) is 24.3 Å². The number of rotatable bonds is 6. The summed E-state index contributed by atoms with van der Waals surface area (Å²) in [6, 6.07) is 7.52. The van der Waals surface area contributed by atoms with Crippen LogP contribution < -0.4 is 10.8 Å². The second kappa shape index (κ2) is 7.06. The van der Waals surface area contributed by atoms with Crippen LogP contribution in [-0.2, 0) is 9.31 Å². The van der Waals surface area contributed by atoms with Gasteiger partial charge in [0.25, 0.3) is 5.91 Å². The molecule has 0 spiro atoms. The van der Waals surface area contributed by atoms with E-state index in [4.69, 9.17) is 9.31 Å². The van der Waals surface area contributed by atoms with Gasteiger partial charge in [0.05, 0.1) is 11.2 Å². The van der Waals surface area contributed by atoms with E-state index in [1.54, 1.807) is 0 Å². The van der Waals surface area contributed by atoms with Crippen LogP contribution in [-0.4, -0.2) is 30.8 Å². The summed E-state index contributed by atoms with van der Waals surface area (Å²) >= 11 is 0. The molecule has 0 atom stereocenters. The van der Waals surface area contributed by atoms with Gasteiger partial charge in [0, 0.05) is 12.1 Å². The van der Waals surface area contributed by atoms with Crippen molar-refractivity contribution < 1.29 is 14.1 Å². The van der Waals surface area contributed by atoms with Crippen LogP contribution >= 0.6 is 0 Å². The molecule has 5 heteroatoms. The Kier molecular flexibility index (Phi) is 5.53. The zero-order valence-corrected chi connectivity index (χ0v) is 14.9. The number of nitrogens with one attached hydrogen (secondary N) is 1. The first kappa shape index (κ1) is 18.0. The van der Waals surface area contributed by atoms with E-state index in [0.717, 1.165) is 24.7 Å². The molecule has 2 rings (SSSR count). The van der Waals surface area contributed by atoms with Gasteiger partial charge < -0.3 is 14.6 Å². The minimum atomic E-state index is -0.516. The van der Waals surface area contributed by atoms with Gasteiger partial charge in [-0.2, -0.15) is 0 Å². The Balaban J connectivity index is 2.14. The first-order valence-electron chi connectivity index (χ1n) is 8.51. The summed E-state index contributed by atoms with van der Waals surface area (Å²) in [5, 5.41) is 2.99. The van der Waals surface area contributed by atoms with Crippen molar-refractivity contribution in [3.8, 4) is 0 Å². The summed E-state index contributed by atoms with van der Waals surface area (Å²) in [4.78, 5) is 12.5. The molecule has 1 heterocycles. The molecule has 1 aromatic carbocycles. The Bertz CT molecular complexity index is 541. The number of amides is 1. The van der Waals surface area contributed by atoms with E-state index >= 15 is 0 Å². The van der Waals surface area contributed by atoms with Crippen LogP contribution in [0.25, 0.3) is 0 Å². The van der Waals surface area contributed by atoms with Gasteiger partial charge in [-0.25, -0.2) is 0 Å². The van der Waals surface area contributed by atoms with Crippen molar-refractivity contribution in [1.29, 1.82) is 0 Å². The van der Waals surface area contributed by atoms with Gasteiger partial charge in [-0.15, -0.1) is 0 Å². The van der Waals surface area contributed by atoms with Crippen molar-refractivity contribution in [3.05, 3.63) is 29.8 Å². The van der Waals surface area contributed by atoms with E-state index < -0.39 is 18.3 Å². The molecule has 0 unspecified atom stereocenters. The highest BCUT2D eigenvalue weighted by Gasteiger charge is 2.52. The fourth-order valence-corrected chi connectivity index (χ4v) is 2.55. The van der Waals surface area contributed by atoms with Gasteiger partial charge in [-0.1, -0.05) is 38.0 Å². The fourth-order valence-electron chi connectivity index (χ4n) is 2.55. The largest absolute Gasteiger partial charge is 0.495 e. The van der Waals surface area contributed by atoms with E-state index in [1.807, 2.05) is 52.0 Å².